The Labute approximate surface area is 158 Å². The standard InChI is InChI=1S/C19H21ClN2O2S/c1-13(2)10-11-24-17-5-3-4-14(12-17)18(23)22-19(25)21-16-8-6-15(20)7-9-16/h3-9,12-13H,10-11H2,1-2H3,(H2,21,22,23,25). The minimum atomic E-state index is -0.291. The van der Waals surface area contributed by atoms with Crippen LogP contribution in [0.2, 0.25) is 5.02 Å². The zero-order chi connectivity index (χ0) is 18.2. The smallest absolute Gasteiger partial charge is 0.257 e. The van der Waals surface area contributed by atoms with Crippen LogP contribution in [-0.4, -0.2) is 17.6 Å². The molecule has 6 heteroatoms. The van der Waals surface area contributed by atoms with Gasteiger partial charge in [-0.2, -0.15) is 0 Å². The third kappa shape index (κ3) is 6.72. The van der Waals surface area contributed by atoms with Gasteiger partial charge in [0.15, 0.2) is 5.11 Å². The van der Waals surface area contributed by atoms with Crippen molar-refractivity contribution in [3.8, 4) is 5.75 Å². The molecule has 0 aliphatic heterocycles. The molecular formula is C19H21ClN2O2S. The Balaban J connectivity index is 1.91. The lowest BCUT2D eigenvalue weighted by molar-refractivity contribution is 0.0977. The van der Waals surface area contributed by atoms with E-state index in [1.807, 2.05) is 6.07 Å². The van der Waals surface area contributed by atoms with Crippen LogP contribution in [0.5, 0.6) is 5.75 Å². The van der Waals surface area contributed by atoms with Crippen LogP contribution in [0, 0.1) is 5.92 Å². The van der Waals surface area contributed by atoms with Gasteiger partial charge in [0, 0.05) is 16.3 Å². The molecule has 0 heterocycles. The Bertz CT molecular complexity index is 732. The first-order valence-electron chi connectivity index (χ1n) is 8.05. The summed E-state index contributed by atoms with van der Waals surface area (Å²) in [7, 11) is 0. The van der Waals surface area contributed by atoms with E-state index in [1.165, 1.54) is 0 Å². The fourth-order valence-corrected chi connectivity index (χ4v) is 2.35. The minimum Gasteiger partial charge on any atom is -0.494 e. The molecule has 0 atom stereocenters. The average molecular weight is 377 g/mol. The van der Waals surface area contributed by atoms with Crippen LogP contribution in [-0.2, 0) is 0 Å². The molecule has 0 saturated heterocycles. The van der Waals surface area contributed by atoms with Gasteiger partial charge in [0.1, 0.15) is 5.75 Å². The molecule has 0 bridgehead atoms. The van der Waals surface area contributed by atoms with Gasteiger partial charge in [-0.1, -0.05) is 31.5 Å². The van der Waals surface area contributed by atoms with E-state index >= 15 is 0 Å². The zero-order valence-corrected chi connectivity index (χ0v) is 15.8. The SMILES string of the molecule is CC(C)CCOc1cccc(C(=O)NC(=S)Nc2ccc(Cl)cc2)c1. The number of hydrogen-bond donors (Lipinski definition) is 2. The van der Waals surface area contributed by atoms with Gasteiger partial charge in [0.05, 0.1) is 6.61 Å². The fourth-order valence-electron chi connectivity index (χ4n) is 2.01. The molecule has 2 N–H and O–H groups in total. The van der Waals surface area contributed by atoms with Gasteiger partial charge in [-0.3, -0.25) is 10.1 Å². The molecule has 132 valence electrons. The highest BCUT2D eigenvalue weighted by atomic mass is 35.5. The van der Waals surface area contributed by atoms with Crippen molar-refractivity contribution in [1.82, 2.24) is 5.32 Å². The molecule has 0 saturated carbocycles. The van der Waals surface area contributed by atoms with Crippen LogP contribution in [0.4, 0.5) is 5.69 Å². The summed E-state index contributed by atoms with van der Waals surface area (Å²) >= 11 is 11.0. The highest BCUT2D eigenvalue weighted by molar-refractivity contribution is 7.80. The molecule has 2 aromatic rings. The Morgan fingerprint density at radius 2 is 1.92 bits per heavy atom. The average Bonchev–Trinajstić information content (AvgIpc) is 2.57. The first-order valence-corrected chi connectivity index (χ1v) is 8.83. The van der Waals surface area contributed by atoms with Gasteiger partial charge in [0.25, 0.3) is 5.91 Å². The van der Waals surface area contributed by atoms with Gasteiger partial charge in [0.2, 0.25) is 0 Å². The summed E-state index contributed by atoms with van der Waals surface area (Å²) in [5.41, 5.74) is 1.24. The lowest BCUT2D eigenvalue weighted by atomic mass is 10.1. The van der Waals surface area contributed by atoms with Crippen LogP contribution < -0.4 is 15.4 Å². The van der Waals surface area contributed by atoms with Crippen molar-refractivity contribution in [2.45, 2.75) is 20.3 Å². The van der Waals surface area contributed by atoms with Crippen LogP contribution in [0.1, 0.15) is 30.6 Å². The van der Waals surface area contributed by atoms with E-state index in [0.717, 1.165) is 12.1 Å². The van der Waals surface area contributed by atoms with Crippen molar-refractivity contribution in [2.24, 2.45) is 5.92 Å². The molecule has 0 aromatic heterocycles. The Morgan fingerprint density at radius 1 is 1.20 bits per heavy atom. The van der Waals surface area contributed by atoms with Gasteiger partial charge in [-0.15, -0.1) is 0 Å². The predicted molar refractivity (Wildman–Crippen MR) is 107 cm³/mol. The summed E-state index contributed by atoms with van der Waals surface area (Å²) in [5, 5.41) is 6.45. The highest BCUT2D eigenvalue weighted by Crippen LogP contribution is 2.15. The third-order valence-corrected chi connectivity index (χ3v) is 3.85. The molecule has 2 aromatic carbocycles. The van der Waals surface area contributed by atoms with Crippen molar-refractivity contribution in [1.29, 1.82) is 0 Å². The summed E-state index contributed by atoms with van der Waals surface area (Å²) in [6.45, 7) is 4.91. The maximum atomic E-state index is 12.3. The van der Waals surface area contributed by atoms with Gasteiger partial charge < -0.3 is 10.1 Å². The maximum absolute atomic E-state index is 12.3. The summed E-state index contributed by atoms with van der Waals surface area (Å²) in [5.74, 6) is 0.952. The van der Waals surface area contributed by atoms with Crippen LogP contribution >= 0.6 is 23.8 Å². The monoisotopic (exact) mass is 376 g/mol. The highest BCUT2D eigenvalue weighted by Gasteiger charge is 2.09. The number of nitrogens with one attached hydrogen (secondary N) is 2. The summed E-state index contributed by atoms with van der Waals surface area (Å²) in [6.07, 6.45) is 0.964. The molecule has 0 unspecified atom stereocenters. The Morgan fingerprint density at radius 3 is 2.60 bits per heavy atom. The number of benzene rings is 2. The van der Waals surface area contributed by atoms with E-state index in [9.17, 15) is 4.79 Å². The van der Waals surface area contributed by atoms with Crippen molar-refractivity contribution in [3.63, 3.8) is 0 Å². The second kappa shape index (κ2) is 9.39. The molecule has 25 heavy (non-hydrogen) atoms. The number of carbonyl (C=O) groups is 1. The van der Waals surface area contributed by atoms with Crippen LogP contribution in [0.25, 0.3) is 0 Å². The van der Waals surface area contributed by atoms with Crippen molar-refractivity contribution in [2.75, 3.05) is 11.9 Å². The number of thiocarbonyl (C=S) groups is 1. The predicted octanol–water partition coefficient (Wildman–Crippen LogP) is 4.89. The first kappa shape index (κ1) is 19.2. The lowest BCUT2D eigenvalue weighted by Crippen LogP contribution is -2.34. The maximum Gasteiger partial charge on any atom is 0.257 e. The molecule has 0 radical (unpaired) electrons. The molecule has 4 nitrogen and oxygen atoms in total. The zero-order valence-electron chi connectivity index (χ0n) is 14.2. The van der Waals surface area contributed by atoms with E-state index in [0.29, 0.717) is 28.9 Å². The van der Waals surface area contributed by atoms with Gasteiger partial charge in [-0.05, 0) is 67.0 Å². The number of anilines is 1. The molecule has 0 spiro atoms. The fraction of sp³-hybridized carbons (Fsp3) is 0.263. The summed E-state index contributed by atoms with van der Waals surface area (Å²) in [6, 6.07) is 14.1. The second-order valence-electron chi connectivity index (χ2n) is 5.97. The topological polar surface area (TPSA) is 50.4 Å². The molecule has 1 amide bonds. The van der Waals surface area contributed by atoms with E-state index < -0.39 is 0 Å². The largest absolute Gasteiger partial charge is 0.494 e. The molecule has 2 rings (SSSR count). The first-order chi connectivity index (χ1) is 11.9. The second-order valence-corrected chi connectivity index (χ2v) is 6.82. The van der Waals surface area contributed by atoms with E-state index in [-0.39, 0.29) is 11.0 Å². The number of ether oxygens (including phenoxy) is 1. The quantitative estimate of drug-likeness (QED) is 0.704. The molecular weight excluding hydrogens is 356 g/mol. The Hall–Kier alpha value is -2.11. The normalized spacial score (nSPS) is 10.4. The van der Waals surface area contributed by atoms with Gasteiger partial charge >= 0.3 is 0 Å². The third-order valence-electron chi connectivity index (χ3n) is 3.39. The van der Waals surface area contributed by atoms with E-state index in [1.54, 1.807) is 42.5 Å². The molecule has 0 aliphatic carbocycles. The summed E-state index contributed by atoms with van der Waals surface area (Å²) in [4.78, 5) is 12.3. The lowest BCUT2D eigenvalue weighted by Gasteiger charge is -2.11. The number of rotatable bonds is 6. The van der Waals surface area contributed by atoms with E-state index in [4.69, 9.17) is 28.6 Å². The van der Waals surface area contributed by atoms with Gasteiger partial charge in [-0.25, -0.2) is 0 Å². The molecule has 0 aliphatic rings. The van der Waals surface area contributed by atoms with Crippen LogP contribution in [0.15, 0.2) is 48.5 Å². The minimum absolute atomic E-state index is 0.221. The Kier molecular flexibility index (Phi) is 7.22. The number of carbonyl (C=O) groups excluding carboxylic acids is 1. The number of hydrogen-bond acceptors (Lipinski definition) is 3. The van der Waals surface area contributed by atoms with E-state index in [2.05, 4.69) is 24.5 Å². The van der Waals surface area contributed by atoms with Crippen LogP contribution in [0.3, 0.4) is 0 Å². The molecule has 0 fully saturated rings. The number of amides is 1. The number of halogens is 1. The van der Waals surface area contributed by atoms with Crippen molar-refractivity contribution >= 4 is 40.5 Å². The van der Waals surface area contributed by atoms with Crippen molar-refractivity contribution in [3.05, 3.63) is 59.1 Å². The van der Waals surface area contributed by atoms with Crippen molar-refractivity contribution < 1.29 is 9.53 Å². The summed E-state index contributed by atoms with van der Waals surface area (Å²) < 4.78 is 5.68.